The highest BCUT2D eigenvalue weighted by molar-refractivity contribution is 9.10. The van der Waals surface area contributed by atoms with E-state index >= 15 is 0 Å². The maximum Gasteiger partial charge on any atom is 0.126 e. The van der Waals surface area contributed by atoms with Crippen LogP contribution >= 0.6 is 15.9 Å². The number of hydrogen-bond donors (Lipinski definition) is 1. The minimum Gasteiger partial charge on any atom is -0.324 e. The third-order valence-electron chi connectivity index (χ3n) is 3.04. The molecule has 3 heteroatoms. The summed E-state index contributed by atoms with van der Waals surface area (Å²) in [5.74, 6) is -0.194. The van der Waals surface area contributed by atoms with E-state index in [0.29, 0.717) is 12.0 Å². The molecular weight excluding hydrogens is 293 g/mol. The zero-order chi connectivity index (χ0) is 13.1. The number of benzene rings is 2. The molecule has 2 N–H and O–H groups in total. The number of halogens is 2. The first kappa shape index (κ1) is 13.2. The van der Waals surface area contributed by atoms with E-state index in [9.17, 15) is 4.39 Å². The van der Waals surface area contributed by atoms with E-state index in [1.54, 1.807) is 12.1 Å². The molecule has 0 spiro atoms. The van der Waals surface area contributed by atoms with Crippen molar-refractivity contribution >= 4 is 15.9 Å². The molecule has 18 heavy (non-hydrogen) atoms. The molecule has 0 amide bonds. The highest BCUT2D eigenvalue weighted by Gasteiger charge is 2.12. The maximum atomic E-state index is 13.6. The van der Waals surface area contributed by atoms with E-state index in [2.05, 4.69) is 15.9 Å². The molecule has 1 unspecified atom stereocenters. The number of rotatable bonds is 3. The summed E-state index contributed by atoms with van der Waals surface area (Å²) in [7, 11) is 0. The van der Waals surface area contributed by atoms with Crippen LogP contribution < -0.4 is 5.73 Å². The smallest absolute Gasteiger partial charge is 0.126 e. The van der Waals surface area contributed by atoms with Gasteiger partial charge in [-0.3, -0.25) is 0 Å². The fourth-order valence-corrected chi connectivity index (χ4v) is 2.40. The van der Waals surface area contributed by atoms with Gasteiger partial charge in [-0.2, -0.15) is 0 Å². The van der Waals surface area contributed by atoms with Crippen LogP contribution in [0.4, 0.5) is 4.39 Å². The van der Waals surface area contributed by atoms with Gasteiger partial charge in [0, 0.05) is 10.5 Å². The van der Waals surface area contributed by atoms with Crippen molar-refractivity contribution in [3.8, 4) is 0 Å². The van der Waals surface area contributed by atoms with Crippen molar-refractivity contribution in [3.63, 3.8) is 0 Å². The Morgan fingerprint density at radius 1 is 1.22 bits per heavy atom. The average Bonchev–Trinajstić information content (AvgIpc) is 2.35. The quantitative estimate of drug-likeness (QED) is 0.906. The number of nitrogens with two attached hydrogens (primary N) is 1. The molecule has 0 radical (unpaired) electrons. The van der Waals surface area contributed by atoms with Crippen LogP contribution in [0.2, 0.25) is 0 Å². The zero-order valence-electron chi connectivity index (χ0n) is 10.2. The van der Waals surface area contributed by atoms with Gasteiger partial charge < -0.3 is 5.73 Å². The summed E-state index contributed by atoms with van der Waals surface area (Å²) in [6.07, 6.45) is 0.504. The Balaban J connectivity index is 2.25. The van der Waals surface area contributed by atoms with E-state index in [0.717, 1.165) is 15.6 Å². The van der Waals surface area contributed by atoms with Gasteiger partial charge in [0.2, 0.25) is 0 Å². The van der Waals surface area contributed by atoms with E-state index in [1.165, 1.54) is 6.07 Å². The lowest BCUT2D eigenvalue weighted by molar-refractivity contribution is 0.592. The van der Waals surface area contributed by atoms with Crippen molar-refractivity contribution < 1.29 is 4.39 Å². The Labute approximate surface area is 115 Å². The molecule has 2 aromatic carbocycles. The van der Waals surface area contributed by atoms with Crippen LogP contribution in [0, 0.1) is 12.7 Å². The Morgan fingerprint density at radius 2 is 1.94 bits per heavy atom. The number of hydrogen-bond acceptors (Lipinski definition) is 1. The molecule has 1 atom stereocenters. The summed E-state index contributed by atoms with van der Waals surface area (Å²) in [6.45, 7) is 2.02. The van der Waals surface area contributed by atoms with E-state index < -0.39 is 0 Å². The number of aryl methyl sites for hydroxylation is 1. The first-order valence-corrected chi connectivity index (χ1v) is 6.62. The Bertz CT molecular complexity index is 554. The normalized spacial score (nSPS) is 12.4. The molecule has 0 aliphatic rings. The van der Waals surface area contributed by atoms with Gasteiger partial charge in [0.25, 0.3) is 0 Å². The highest BCUT2D eigenvalue weighted by Crippen LogP contribution is 2.24. The molecule has 2 rings (SSSR count). The topological polar surface area (TPSA) is 26.0 Å². The lowest BCUT2D eigenvalue weighted by atomic mass is 9.96. The third-order valence-corrected chi connectivity index (χ3v) is 3.53. The average molecular weight is 308 g/mol. The van der Waals surface area contributed by atoms with E-state index in [4.69, 9.17) is 5.73 Å². The van der Waals surface area contributed by atoms with Gasteiger partial charge in [-0.15, -0.1) is 0 Å². The maximum absolute atomic E-state index is 13.6. The van der Waals surface area contributed by atoms with Gasteiger partial charge in [-0.1, -0.05) is 40.2 Å². The van der Waals surface area contributed by atoms with Crippen molar-refractivity contribution in [2.24, 2.45) is 5.73 Å². The standard InChI is InChI=1S/C15H15BrFN/c1-10-6-7-12(16)9-13(10)15(18)8-11-4-2-3-5-14(11)17/h2-7,9,15H,8,18H2,1H3. The summed E-state index contributed by atoms with van der Waals surface area (Å²) in [4.78, 5) is 0. The molecule has 94 valence electrons. The van der Waals surface area contributed by atoms with Crippen molar-refractivity contribution in [1.29, 1.82) is 0 Å². The van der Waals surface area contributed by atoms with Crippen molar-refractivity contribution in [2.45, 2.75) is 19.4 Å². The summed E-state index contributed by atoms with van der Waals surface area (Å²) in [6, 6.07) is 12.6. The molecule has 1 nitrogen and oxygen atoms in total. The minimum atomic E-state index is -0.195. The summed E-state index contributed by atoms with van der Waals surface area (Å²) in [5, 5.41) is 0. The van der Waals surface area contributed by atoms with E-state index in [1.807, 2.05) is 31.2 Å². The van der Waals surface area contributed by atoms with Crippen LogP contribution in [-0.2, 0) is 6.42 Å². The molecule has 0 bridgehead atoms. The molecule has 0 fully saturated rings. The van der Waals surface area contributed by atoms with Gasteiger partial charge in [-0.25, -0.2) is 4.39 Å². The summed E-state index contributed by atoms with van der Waals surface area (Å²) in [5.41, 5.74) is 9.01. The van der Waals surface area contributed by atoms with Gasteiger partial charge >= 0.3 is 0 Å². The van der Waals surface area contributed by atoms with Gasteiger partial charge in [0.1, 0.15) is 5.82 Å². The van der Waals surface area contributed by atoms with Gasteiger partial charge in [0.15, 0.2) is 0 Å². The molecule has 2 aromatic rings. The zero-order valence-corrected chi connectivity index (χ0v) is 11.7. The Hall–Kier alpha value is -1.19. The monoisotopic (exact) mass is 307 g/mol. The van der Waals surface area contributed by atoms with E-state index in [-0.39, 0.29) is 11.9 Å². The van der Waals surface area contributed by atoms with Crippen molar-refractivity contribution in [3.05, 3.63) is 69.4 Å². The Kier molecular flexibility index (Phi) is 4.15. The summed E-state index contributed by atoms with van der Waals surface area (Å²) < 4.78 is 14.6. The predicted molar refractivity (Wildman–Crippen MR) is 75.9 cm³/mol. The molecule has 0 heterocycles. The van der Waals surface area contributed by atoms with Crippen LogP contribution in [0.3, 0.4) is 0 Å². The molecule has 0 saturated carbocycles. The lowest BCUT2D eigenvalue weighted by Crippen LogP contribution is -2.15. The first-order chi connectivity index (χ1) is 8.58. The van der Waals surface area contributed by atoms with Crippen LogP contribution in [0.1, 0.15) is 22.7 Å². The minimum absolute atomic E-state index is 0.194. The second-order valence-electron chi connectivity index (χ2n) is 4.40. The fraction of sp³-hybridized carbons (Fsp3) is 0.200. The largest absolute Gasteiger partial charge is 0.324 e. The van der Waals surface area contributed by atoms with Crippen LogP contribution in [0.5, 0.6) is 0 Å². The molecule has 0 aliphatic carbocycles. The summed E-state index contributed by atoms with van der Waals surface area (Å²) >= 11 is 3.43. The Morgan fingerprint density at radius 3 is 2.67 bits per heavy atom. The van der Waals surface area contributed by atoms with Gasteiger partial charge in [0.05, 0.1) is 0 Å². The molecule has 0 saturated heterocycles. The van der Waals surface area contributed by atoms with Crippen LogP contribution in [-0.4, -0.2) is 0 Å². The third kappa shape index (κ3) is 2.98. The van der Waals surface area contributed by atoms with Crippen LogP contribution in [0.25, 0.3) is 0 Å². The lowest BCUT2D eigenvalue weighted by Gasteiger charge is -2.15. The fourth-order valence-electron chi connectivity index (χ4n) is 2.02. The first-order valence-electron chi connectivity index (χ1n) is 5.83. The van der Waals surface area contributed by atoms with Crippen molar-refractivity contribution in [2.75, 3.05) is 0 Å². The van der Waals surface area contributed by atoms with Crippen molar-refractivity contribution in [1.82, 2.24) is 0 Å². The molecule has 0 aliphatic heterocycles. The predicted octanol–water partition coefficient (Wildman–Crippen LogP) is 4.14. The van der Waals surface area contributed by atoms with Crippen LogP contribution in [0.15, 0.2) is 46.9 Å². The molecule has 0 aromatic heterocycles. The van der Waals surface area contributed by atoms with Gasteiger partial charge in [-0.05, 0) is 48.2 Å². The molecular formula is C15H15BrFN. The second-order valence-corrected chi connectivity index (χ2v) is 5.32. The highest BCUT2D eigenvalue weighted by atomic mass is 79.9. The SMILES string of the molecule is Cc1ccc(Br)cc1C(N)Cc1ccccc1F. The second kappa shape index (κ2) is 5.63.